The Balaban J connectivity index is 1.46. The minimum absolute atomic E-state index is 0.000220. The maximum absolute atomic E-state index is 14.1. The number of hydrogen-bond acceptors (Lipinski definition) is 9. The fraction of sp³-hybridized carbons (Fsp3) is 0.314. The number of carbonyl (C=O) groups is 2. The van der Waals surface area contributed by atoms with Crippen LogP contribution in [0.15, 0.2) is 108 Å². The Morgan fingerprint density at radius 2 is 1.60 bits per heavy atom. The summed E-state index contributed by atoms with van der Waals surface area (Å²) in [6.07, 6.45) is 0.597. The van der Waals surface area contributed by atoms with Gasteiger partial charge < -0.3 is 20.5 Å². The van der Waals surface area contributed by atoms with Gasteiger partial charge in [0.25, 0.3) is 5.69 Å². The third-order valence-electron chi connectivity index (χ3n) is 8.07. The van der Waals surface area contributed by atoms with Gasteiger partial charge in [0.15, 0.2) is 0 Å². The van der Waals surface area contributed by atoms with E-state index >= 15 is 0 Å². The molecule has 10 heteroatoms. The SMILES string of the molecule is CC1=C(C(=O)OC2CCCN(C(c3ccccc3)c3ccccc3)C2)C(c2cccc([N+](=O)[O-])c2)C(C(=O)OC(C)C)=C(N)N1. The summed E-state index contributed by atoms with van der Waals surface area (Å²) in [5.74, 6) is -2.36. The fourth-order valence-corrected chi connectivity index (χ4v) is 6.18. The van der Waals surface area contributed by atoms with Gasteiger partial charge >= 0.3 is 11.9 Å². The van der Waals surface area contributed by atoms with Crippen molar-refractivity contribution in [2.75, 3.05) is 13.1 Å². The highest BCUT2D eigenvalue weighted by molar-refractivity contribution is 6.00. The van der Waals surface area contributed by atoms with Crippen LogP contribution >= 0.6 is 0 Å². The minimum Gasteiger partial charge on any atom is -0.459 e. The molecular formula is C35H38N4O6. The van der Waals surface area contributed by atoms with Crippen molar-refractivity contribution in [3.63, 3.8) is 0 Å². The first-order chi connectivity index (χ1) is 21.6. The zero-order chi connectivity index (χ0) is 32.1. The molecule has 3 N–H and O–H groups in total. The van der Waals surface area contributed by atoms with Crippen LogP contribution in [0.3, 0.4) is 0 Å². The lowest BCUT2D eigenvalue weighted by Gasteiger charge is -2.39. The molecule has 0 aliphatic carbocycles. The van der Waals surface area contributed by atoms with E-state index in [9.17, 15) is 19.7 Å². The molecule has 0 aromatic heterocycles. The van der Waals surface area contributed by atoms with Crippen molar-refractivity contribution in [2.45, 2.75) is 57.8 Å². The summed E-state index contributed by atoms with van der Waals surface area (Å²) in [5.41, 5.74) is 9.34. The van der Waals surface area contributed by atoms with Gasteiger partial charge in [0, 0.05) is 24.4 Å². The van der Waals surface area contributed by atoms with Crippen LogP contribution in [0.4, 0.5) is 5.69 Å². The lowest BCUT2D eigenvalue weighted by molar-refractivity contribution is -0.384. The minimum atomic E-state index is -1.04. The van der Waals surface area contributed by atoms with Crippen molar-refractivity contribution in [3.8, 4) is 0 Å². The summed E-state index contributed by atoms with van der Waals surface area (Å²) in [4.78, 5) is 40.9. The molecule has 5 rings (SSSR count). The lowest BCUT2D eigenvalue weighted by Crippen LogP contribution is -2.44. The van der Waals surface area contributed by atoms with E-state index in [-0.39, 0.29) is 28.7 Å². The van der Waals surface area contributed by atoms with Gasteiger partial charge in [-0.25, -0.2) is 9.59 Å². The molecule has 0 saturated carbocycles. The second kappa shape index (κ2) is 13.8. The number of nitro groups is 1. The highest BCUT2D eigenvalue weighted by atomic mass is 16.6. The molecule has 3 aromatic carbocycles. The molecule has 3 aromatic rings. The Morgan fingerprint density at radius 3 is 2.20 bits per heavy atom. The van der Waals surface area contributed by atoms with Crippen molar-refractivity contribution < 1.29 is 24.0 Å². The van der Waals surface area contributed by atoms with Crippen molar-refractivity contribution in [1.82, 2.24) is 10.2 Å². The van der Waals surface area contributed by atoms with E-state index in [0.717, 1.165) is 24.1 Å². The van der Waals surface area contributed by atoms with Crippen LogP contribution in [-0.4, -0.2) is 47.1 Å². The fourth-order valence-electron chi connectivity index (χ4n) is 6.18. The third kappa shape index (κ3) is 7.07. The number of benzene rings is 3. The average Bonchev–Trinajstić information content (AvgIpc) is 3.01. The van der Waals surface area contributed by atoms with Crippen LogP contribution in [-0.2, 0) is 19.1 Å². The van der Waals surface area contributed by atoms with Crippen LogP contribution in [0.2, 0.25) is 0 Å². The number of allylic oxidation sites excluding steroid dienone is 1. The van der Waals surface area contributed by atoms with Gasteiger partial charge in [-0.15, -0.1) is 0 Å². The third-order valence-corrected chi connectivity index (χ3v) is 8.07. The number of nitro benzene ring substituents is 1. The molecule has 234 valence electrons. The van der Waals surface area contributed by atoms with Crippen LogP contribution in [0.1, 0.15) is 62.3 Å². The first-order valence-electron chi connectivity index (χ1n) is 15.1. The number of nitrogens with zero attached hydrogens (tertiary/aromatic N) is 2. The monoisotopic (exact) mass is 610 g/mol. The molecule has 2 atom stereocenters. The Morgan fingerprint density at radius 1 is 0.956 bits per heavy atom. The zero-order valence-electron chi connectivity index (χ0n) is 25.6. The van der Waals surface area contributed by atoms with E-state index in [1.165, 1.54) is 18.2 Å². The van der Waals surface area contributed by atoms with E-state index < -0.39 is 35.0 Å². The number of carbonyl (C=O) groups excluding carboxylic acids is 2. The number of esters is 2. The largest absolute Gasteiger partial charge is 0.459 e. The van der Waals surface area contributed by atoms with Gasteiger partial charge in [-0.1, -0.05) is 72.8 Å². The number of nitrogens with two attached hydrogens (primary N) is 1. The van der Waals surface area contributed by atoms with E-state index in [1.807, 2.05) is 36.4 Å². The summed E-state index contributed by atoms with van der Waals surface area (Å²) in [5, 5.41) is 14.6. The second-order valence-electron chi connectivity index (χ2n) is 11.6. The smallest absolute Gasteiger partial charge is 0.338 e. The van der Waals surface area contributed by atoms with Crippen LogP contribution < -0.4 is 11.1 Å². The maximum Gasteiger partial charge on any atom is 0.338 e. The normalized spacial score (nSPS) is 19.0. The van der Waals surface area contributed by atoms with Crippen molar-refractivity contribution in [1.29, 1.82) is 0 Å². The van der Waals surface area contributed by atoms with Crippen molar-refractivity contribution in [3.05, 3.63) is 134 Å². The number of hydrogen-bond donors (Lipinski definition) is 2. The zero-order valence-corrected chi connectivity index (χ0v) is 25.6. The van der Waals surface area contributed by atoms with E-state index in [2.05, 4.69) is 34.5 Å². The van der Waals surface area contributed by atoms with Crippen molar-refractivity contribution >= 4 is 17.6 Å². The molecule has 0 spiro atoms. The molecular weight excluding hydrogens is 572 g/mol. The molecule has 2 heterocycles. The number of rotatable bonds is 9. The van der Waals surface area contributed by atoms with Gasteiger partial charge in [-0.05, 0) is 56.8 Å². The van der Waals surface area contributed by atoms with Gasteiger partial charge in [-0.2, -0.15) is 0 Å². The highest BCUT2D eigenvalue weighted by Crippen LogP contribution is 2.40. The number of piperidine rings is 1. The van der Waals surface area contributed by atoms with Gasteiger partial charge in [0.2, 0.25) is 0 Å². The highest BCUT2D eigenvalue weighted by Gasteiger charge is 2.40. The van der Waals surface area contributed by atoms with Crippen LogP contribution in [0, 0.1) is 10.1 Å². The summed E-state index contributed by atoms with van der Waals surface area (Å²) in [7, 11) is 0. The van der Waals surface area contributed by atoms with Crippen molar-refractivity contribution in [2.24, 2.45) is 5.73 Å². The molecule has 45 heavy (non-hydrogen) atoms. The second-order valence-corrected chi connectivity index (χ2v) is 11.6. The average molecular weight is 611 g/mol. The molecule has 2 aliphatic heterocycles. The van der Waals surface area contributed by atoms with Crippen LogP contribution in [0.5, 0.6) is 0 Å². The summed E-state index contributed by atoms with van der Waals surface area (Å²) >= 11 is 0. The topological polar surface area (TPSA) is 137 Å². The molecule has 2 unspecified atom stereocenters. The van der Waals surface area contributed by atoms with Gasteiger partial charge in [-0.3, -0.25) is 15.0 Å². The quantitative estimate of drug-likeness (QED) is 0.183. The van der Waals surface area contributed by atoms with E-state index in [1.54, 1.807) is 26.8 Å². The van der Waals surface area contributed by atoms with E-state index in [4.69, 9.17) is 15.2 Å². The van der Waals surface area contributed by atoms with E-state index in [0.29, 0.717) is 24.2 Å². The molecule has 1 fully saturated rings. The summed E-state index contributed by atoms with van der Waals surface area (Å²) < 4.78 is 11.7. The Bertz CT molecular complexity index is 1580. The van der Waals surface area contributed by atoms with Crippen LogP contribution in [0.25, 0.3) is 0 Å². The molecule has 0 bridgehead atoms. The predicted molar refractivity (Wildman–Crippen MR) is 170 cm³/mol. The number of dihydropyridines is 1. The molecule has 2 aliphatic rings. The molecule has 0 radical (unpaired) electrons. The molecule has 1 saturated heterocycles. The summed E-state index contributed by atoms with van der Waals surface area (Å²) in [6.45, 7) is 6.41. The van der Waals surface area contributed by atoms with Gasteiger partial charge in [0.05, 0.1) is 34.1 Å². The number of nitrogens with one attached hydrogen (secondary N) is 1. The number of ether oxygens (including phenoxy) is 2. The number of non-ortho nitro benzene ring substituents is 1. The number of likely N-dealkylation sites (tertiary alicyclic amines) is 1. The lowest BCUT2D eigenvalue weighted by atomic mass is 9.81. The Kier molecular flexibility index (Phi) is 9.63. The Labute approximate surface area is 262 Å². The van der Waals surface area contributed by atoms with Gasteiger partial charge in [0.1, 0.15) is 11.9 Å². The first-order valence-corrected chi connectivity index (χ1v) is 15.1. The molecule has 10 nitrogen and oxygen atoms in total. The maximum atomic E-state index is 14.1. The summed E-state index contributed by atoms with van der Waals surface area (Å²) in [6, 6.07) is 26.3. The first kappa shape index (κ1) is 31.5. The predicted octanol–water partition coefficient (Wildman–Crippen LogP) is 5.47. The Hall–Kier alpha value is -4.96. The molecule has 0 amide bonds. The standard InChI is InChI=1S/C35H38N4O6/c1-22(2)44-35(41)31-30(26-16-10-17-27(20-26)39(42)43)29(23(3)37-33(31)36)34(40)45-28-18-11-19-38(21-28)32(24-12-6-4-7-13-24)25-14-8-5-9-15-25/h4-10,12-17,20,22,28,30,32,37H,11,18-19,21,36H2,1-3H3.